The first-order valence-corrected chi connectivity index (χ1v) is 7.39. The maximum Gasteiger partial charge on any atom is 0.258 e. The molecule has 0 aliphatic heterocycles. The average Bonchev–Trinajstić information content (AvgIpc) is 2.55. The molecule has 0 aliphatic carbocycles. The Hall–Kier alpha value is -2.49. The topological polar surface area (TPSA) is 38.8 Å². The largest absolute Gasteiger partial charge is 0.494 e. The summed E-state index contributed by atoms with van der Waals surface area (Å²) in [5, 5.41) is 0. The Bertz CT molecular complexity index is 601. The summed E-state index contributed by atoms with van der Waals surface area (Å²) in [5.41, 5.74) is 1.38. The van der Waals surface area contributed by atoms with Crippen LogP contribution in [0.5, 0.6) is 11.5 Å². The molecule has 0 N–H and O–H groups in total. The third-order valence-electron chi connectivity index (χ3n) is 3.20. The van der Waals surface area contributed by atoms with Gasteiger partial charge in [-0.1, -0.05) is 18.2 Å². The summed E-state index contributed by atoms with van der Waals surface area (Å²) < 4.78 is 11.0. The van der Waals surface area contributed by atoms with Crippen molar-refractivity contribution in [2.75, 3.05) is 25.2 Å². The van der Waals surface area contributed by atoms with E-state index in [9.17, 15) is 4.79 Å². The molecule has 0 spiro atoms. The van der Waals surface area contributed by atoms with E-state index in [1.165, 1.54) is 0 Å². The number of para-hydroxylation sites is 1. The van der Waals surface area contributed by atoms with E-state index in [-0.39, 0.29) is 5.91 Å². The van der Waals surface area contributed by atoms with E-state index in [4.69, 9.17) is 9.47 Å². The Morgan fingerprint density at radius 2 is 1.50 bits per heavy atom. The van der Waals surface area contributed by atoms with Crippen LogP contribution in [-0.4, -0.2) is 26.2 Å². The number of rotatable bonds is 6. The van der Waals surface area contributed by atoms with Crippen LogP contribution >= 0.6 is 0 Å². The van der Waals surface area contributed by atoms with Crippen molar-refractivity contribution in [2.45, 2.75) is 13.8 Å². The van der Waals surface area contributed by atoms with Crippen molar-refractivity contribution >= 4 is 11.6 Å². The van der Waals surface area contributed by atoms with Gasteiger partial charge in [-0.3, -0.25) is 4.79 Å². The van der Waals surface area contributed by atoms with Crippen LogP contribution in [0.1, 0.15) is 24.2 Å². The van der Waals surface area contributed by atoms with E-state index in [1.807, 2.05) is 44.2 Å². The van der Waals surface area contributed by atoms with Gasteiger partial charge in [0.2, 0.25) is 0 Å². The lowest BCUT2D eigenvalue weighted by Gasteiger charge is -2.18. The Labute approximate surface area is 131 Å². The molecule has 0 radical (unpaired) electrons. The zero-order valence-corrected chi connectivity index (χ0v) is 13.2. The van der Waals surface area contributed by atoms with Crippen LogP contribution in [-0.2, 0) is 0 Å². The molecule has 4 heteroatoms. The predicted octanol–water partition coefficient (Wildman–Crippen LogP) is 3.76. The summed E-state index contributed by atoms with van der Waals surface area (Å²) in [6.45, 7) is 4.89. The summed E-state index contributed by atoms with van der Waals surface area (Å²) in [6, 6.07) is 14.8. The highest BCUT2D eigenvalue weighted by atomic mass is 16.5. The first-order chi connectivity index (χ1) is 10.7. The smallest absolute Gasteiger partial charge is 0.258 e. The Balaban J connectivity index is 2.31. The molecule has 1 amide bonds. The lowest BCUT2D eigenvalue weighted by Crippen LogP contribution is -2.26. The van der Waals surface area contributed by atoms with E-state index in [2.05, 4.69) is 0 Å². The van der Waals surface area contributed by atoms with Gasteiger partial charge < -0.3 is 14.4 Å². The van der Waals surface area contributed by atoms with Gasteiger partial charge in [-0.25, -0.2) is 0 Å². The van der Waals surface area contributed by atoms with Gasteiger partial charge in [-0.05, 0) is 38.1 Å². The quantitative estimate of drug-likeness (QED) is 0.815. The maximum absolute atomic E-state index is 12.7. The molecule has 2 rings (SSSR count). The van der Waals surface area contributed by atoms with Gasteiger partial charge in [-0.15, -0.1) is 0 Å². The van der Waals surface area contributed by atoms with Crippen molar-refractivity contribution in [2.24, 2.45) is 0 Å². The van der Waals surface area contributed by atoms with Crippen LogP contribution in [0.3, 0.4) is 0 Å². The van der Waals surface area contributed by atoms with Crippen LogP contribution in [0, 0.1) is 0 Å². The second kappa shape index (κ2) is 7.50. The minimum absolute atomic E-state index is 0.103. The minimum atomic E-state index is -0.103. The lowest BCUT2D eigenvalue weighted by molar-refractivity contribution is 0.0992. The van der Waals surface area contributed by atoms with E-state index >= 15 is 0 Å². The summed E-state index contributed by atoms with van der Waals surface area (Å²) >= 11 is 0. The fourth-order valence-electron chi connectivity index (χ4n) is 2.16. The lowest BCUT2D eigenvalue weighted by atomic mass is 10.1. The predicted molar refractivity (Wildman–Crippen MR) is 88.0 cm³/mol. The molecule has 0 atom stereocenters. The molecular weight excluding hydrogens is 278 g/mol. The molecule has 0 aromatic heterocycles. The van der Waals surface area contributed by atoms with Crippen molar-refractivity contribution < 1.29 is 14.3 Å². The van der Waals surface area contributed by atoms with Crippen molar-refractivity contribution in [3.8, 4) is 11.5 Å². The third-order valence-corrected chi connectivity index (χ3v) is 3.20. The molecule has 0 fully saturated rings. The number of amides is 1. The summed E-state index contributed by atoms with van der Waals surface area (Å²) in [6.07, 6.45) is 0. The monoisotopic (exact) mass is 299 g/mol. The molecule has 0 unspecified atom stereocenters. The molecule has 2 aromatic carbocycles. The van der Waals surface area contributed by atoms with Gasteiger partial charge in [0, 0.05) is 24.4 Å². The third kappa shape index (κ3) is 3.79. The highest BCUT2D eigenvalue weighted by Gasteiger charge is 2.15. The Kier molecular flexibility index (Phi) is 5.42. The molecule has 4 nitrogen and oxygen atoms in total. The first-order valence-electron chi connectivity index (χ1n) is 7.39. The molecule has 0 saturated heterocycles. The van der Waals surface area contributed by atoms with Crippen LogP contribution in [0.25, 0.3) is 0 Å². The molecule has 0 bridgehead atoms. The summed E-state index contributed by atoms with van der Waals surface area (Å²) in [7, 11) is 1.76. The number of benzene rings is 2. The molecule has 0 heterocycles. The molecule has 2 aromatic rings. The van der Waals surface area contributed by atoms with Gasteiger partial charge in [0.05, 0.1) is 13.2 Å². The van der Waals surface area contributed by atoms with E-state index in [0.29, 0.717) is 30.3 Å². The molecule has 116 valence electrons. The molecule has 0 saturated carbocycles. The van der Waals surface area contributed by atoms with Crippen molar-refractivity contribution in [3.05, 3.63) is 54.1 Å². The van der Waals surface area contributed by atoms with Gasteiger partial charge in [0.25, 0.3) is 5.91 Å². The van der Waals surface area contributed by atoms with Gasteiger partial charge >= 0.3 is 0 Å². The second-order valence-electron chi connectivity index (χ2n) is 4.76. The van der Waals surface area contributed by atoms with Crippen molar-refractivity contribution in [1.82, 2.24) is 0 Å². The number of nitrogens with zero attached hydrogens (tertiary/aromatic N) is 1. The first kappa shape index (κ1) is 15.9. The van der Waals surface area contributed by atoms with Crippen LogP contribution in [0.4, 0.5) is 5.69 Å². The van der Waals surface area contributed by atoms with Crippen molar-refractivity contribution in [3.63, 3.8) is 0 Å². The SMILES string of the molecule is CCOc1cc(OCC)cc(C(=O)N(C)c2ccccc2)c1. The van der Waals surface area contributed by atoms with Gasteiger partial charge in [0.15, 0.2) is 0 Å². The van der Waals surface area contributed by atoms with Crippen LogP contribution in [0.2, 0.25) is 0 Å². The standard InChI is InChI=1S/C18H21NO3/c1-4-21-16-11-14(12-17(13-16)22-5-2)18(20)19(3)15-9-7-6-8-10-15/h6-13H,4-5H2,1-3H3. The Morgan fingerprint density at radius 1 is 0.955 bits per heavy atom. The van der Waals surface area contributed by atoms with Gasteiger partial charge in [-0.2, -0.15) is 0 Å². The minimum Gasteiger partial charge on any atom is -0.494 e. The zero-order valence-electron chi connectivity index (χ0n) is 13.2. The summed E-state index contributed by atoms with van der Waals surface area (Å²) in [5.74, 6) is 1.17. The molecular formula is C18H21NO3. The van der Waals surface area contributed by atoms with Crippen LogP contribution in [0.15, 0.2) is 48.5 Å². The van der Waals surface area contributed by atoms with Crippen molar-refractivity contribution in [1.29, 1.82) is 0 Å². The van der Waals surface area contributed by atoms with E-state index in [1.54, 1.807) is 30.1 Å². The number of anilines is 1. The second-order valence-corrected chi connectivity index (χ2v) is 4.76. The van der Waals surface area contributed by atoms with E-state index < -0.39 is 0 Å². The average molecular weight is 299 g/mol. The van der Waals surface area contributed by atoms with Gasteiger partial charge in [0.1, 0.15) is 11.5 Å². The normalized spacial score (nSPS) is 10.1. The highest BCUT2D eigenvalue weighted by molar-refractivity contribution is 6.06. The number of hydrogen-bond donors (Lipinski definition) is 0. The maximum atomic E-state index is 12.7. The zero-order chi connectivity index (χ0) is 15.9. The number of carbonyl (C=O) groups is 1. The van der Waals surface area contributed by atoms with Crippen LogP contribution < -0.4 is 14.4 Å². The highest BCUT2D eigenvalue weighted by Crippen LogP contribution is 2.25. The summed E-state index contributed by atoms with van der Waals surface area (Å²) in [4.78, 5) is 14.3. The fourth-order valence-corrected chi connectivity index (χ4v) is 2.16. The Morgan fingerprint density at radius 3 is 2.00 bits per heavy atom. The fraction of sp³-hybridized carbons (Fsp3) is 0.278. The molecule has 0 aliphatic rings. The van der Waals surface area contributed by atoms with E-state index in [0.717, 1.165) is 5.69 Å². The number of hydrogen-bond acceptors (Lipinski definition) is 3. The number of ether oxygens (including phenoxy) is 2. The molecule has 22 heavy (non-hydrogen) atoms. The number of carbonyl (C=O) groups excluding carboxylic acids is 1.